The molecule has 16 heavy (non-hydrogen) atoms. The molecule has 1 saturated carbocycles. The van der Waals surface area contributed by atoms with E-state index in [4.69, 9.17) is 4.74 Å². The van der Waals surface area contributed by atoms with Crippen LogP contribution < -0.4 is 5.32 Å². The maximum Gasteiger partial charge on any atom is 0.223 e. The lowest BCUT2D eigenvalue weighted by Gasteiger charge is -2.25. The first-order valence-electron chi connectivity index (χ1n) is 6.04. The van der Waals surface area contributed by atoms with Crippen molar-refractivity contribution in [3.63, 3.8) is 0 Å². The molecule has 1 fully saturated rings. The Morgan fingerprint density at radius 3 is 2.62 bits per heavy atom. The van der Waals surface area contributed by atoms with Crippen molar-refractivity contribution in [1.82, 2.24) is 5.32 Å². The summed E-state index contributed by atoms with van der Waals surface area (Å²) in [4.78, 5) is 12.1. The molecule has 1 aliphatic rings. The Kier molecular flexibility index (Phi) is 6.36. The van der Waals surface area contributed by atoms with Crippen molar-refractivity contribution in [2.75, 3.05) is 20.3 Å². The van der Waals surface area contributed by atoms with E-state index in [1.54, 1.807) is 7.11 Å². The summed E-state index contributed by atoms with van der Waals surface area (Å²) in [5.41, 5.74) is 0. The van der Waals surface area contributed by atoms with E-state index in [0.29, 0.717) is 13.2 Å². The fourth-order valence-electron chi connectivity index (χ4n) is 2.12. The number of hydrogen-bond donors (Lipinski definition) is 1. The van der Waals surface area contributed by atoms with Crippen LogP contribution in [-0.4, -0.2) is 31.0 Å². The molecular formula is C12H22BrNO2. The van der Waals surface area contributed by atoms with E-state index in [-0.39, 0.29) is 16.7 Å². The maximum atomic E-state index is 11.8. The summed E-state index contributed by atoms with van der Waals surface area (Å²) in [6.07, 6.45) is 4.47. The van der Waals surface area contributed by atoms with Gasteiger partial charge >= 0.3 is 0 Å². The number of nitrogens with one attached hydrogen (secondary N) is 1. The molecule has 0 aromatic heterocycles. The first kappa shape index (κ1) is 14.0. The fourth-order valence-corrected chi connectivity index (χ4v) is 2.54. The number of amides is 1. The van der Waals surface area contributed by atoms with Gasteiger partial charge < -0.3 is 10.1 Å². The standard InChI is InChI=1S/C12H22BrNO2/c1-9-3-5-10(6-4-9)12(15)14-7-11(13)8-16-2/h9-11H,3-8H2,1-2H3,(H,14,15). The van der Waals surface area contributed by atoms with Crippen LogP contribution in [0.1, 0.15) is 32.6 Å². The van der Waals surface area contributed by atoms with E-state index in [1.807, 2.05) is 0 Å². The first-order valence-corrected chi connectivity index (χ1v) is 6.95. The van der Waals surface area contributed by atoms with E-state index < -0.39 is 0 Å². The van der Waals surface area contributed by atoms with Crippen molar-refractivity contribution in [1.29, 1.82) is 0 Å². The van der Waals surface area contributed by atoms with Gasteiger partial charge in [-0.2, -0.15) is 0 Å². The highest BCUT2D eigenvalue weighted by atomic mass is 79.9. The highest BCUT2D eigenvalue weighted by Gasteiger charge is 2.24. The largest absolute Gasteiger partial charge is 0.383 e. The molecule has 0 saturated heterocycles. The van der Waals surface area contributed by atoms with E-state index >= 15 is 0 Å². The summed E-state index contributed by atoms with van der Waals surface area (Å²) in [5, 5.41) is 2.99. The highest BCUT2D eigenvalue weighted by molar-refractivity contribution is 9.09. The number of hydrogen-bond acceptors (Lipinski definition) is 2. The second-order valence-corrected chi connectivity index (χ2v) is 6.05. The molecule has 0 spiro atoms. The monoisotopic (exact) mass is 291 g/mol. The molecule has 1 aliphatic carbocycles. The van der Waals surface area contributed by atoms with E-state index in [9.17, 15) is 4.79 Å². The minimum atomic E-state index is 0.212. The summed E-state index contributed by atoms with van der Waals surface area (Å²) in [6, 6.07) is 0. The Labute approximate surface area is 106 Å². The normalized spacial score (nSPS) is 27.4. The zero-order chi connectivity index (χ0) is 12.0. The lowest BCUT2D eigenvalue weighted by molar-refractivity contribution is -0.126. The molecule has 1 N–H and O–H groups in total. The van der Waals surface area contributed by atoms with Crippen LogP contribution in [0.3, 0.4) is 0 Å². The molecule has 94 valence electrons. The van der Waals surface area contributed by atoms with Crippen molar-refractivity contribution in [2.45, 2.75) is 37.4 Å². The Balaban J connectivity index is 2.19. The van der Waals surface area contributed by atoms with Crippen LogP contribution >= 0.6 is 15.9 Å². The van der Waals surface area contributed by atoms with Gasteiger partial charge in [-0.3, -0.25) is 4.79 Å². The van der Waals surface area contributed by atoms with Crippen molar-refractivity contribution in [2.24, 2.45) is 11.8 Å². The van der Waals surface area contributed by atoms with Gasteiger partial charge in [0.15, 0.2) is 0 Å². The summed E-state index contributed by atoms with van der Waals surface area (Å²) in [6.45, 7) is 3.54. The van der Waals surface area contributed by atoms with Gasteiger partial charge in [-0.15, -0.1) is 0 Å². The number of carbonyl (C=O) groups is 1. The minimum absolute atomic E-state index is 0.212. The molecule has 0 aromatic carbocycles. The topological polar surface area (TPSA) is 38.3 Å². The molecule has 1 atom stereocenters. The van der Waals surface area contributed by atoms with Crippen LogP contribution in [0, 0.1) is 11.8 Å². The molecule has 1 unspecified atom stereocenters. The molecule has 1 amide bonds. The van der Waals surface area contributed by atoms with E-state index in [0.717, 1.165) is 18.8 Å². The summed E-state index contributed by atoms with van der Waals surface area (Å²) >= 11 is 3.46. The van der Waals surface area contributed by atoms with Gasteiger partial charge in [0.1, 0.15) is 0 Å². The Morgan fingerprint density at radius 2 is 2.06 bits per heavy atom. The quantitative estimate of drug-likeness (QED) is 0.790. The predicted octanol–water partition coefficient (Wildman–Crippen LogP) is 2.34. The van der Waals surface area contributed by atoms with Gasteiger partial charge in [0.2, 0.25) is 5.91 Å². The summed E-state index contributed by atoms with van der Waals surface area (Å²) < 4.78 is 5.00. The molecule has 4 heteroatoms. The van der Waals surface area contributed by atoms with Crippen LogP contribution in [0.5, 0.6) is 0 Å². The number of alkyl halides is 1. The van der Waals surface area contributed by atoms with Crippen molar-refractivity contribution < 1.29 is 9.53 Å². The fraction of sp³-hybridized carbons (Fsp3) is 0.917. The SMILES string of the molecule is COCC(Br)CNC(=O)C1CCC(C)CC1. The Bertz CT molecular complexity index is 215. The second kappa shape index (κ2) is 7.28. The number of carbonyl (C=O) groups excluding carboxylic acids is 1. The third kappa shape index (κ3) is 4.83. The van der Waals surface area contributed by atoms with Gasteiger partial charge in [0.25, 0.3) is 0 Å². The van der Waals surface area contributed by atoms with Gasteiger partial charge in [-0.1, -0.05) is 22.9 Å². The van der Waals surface area contributed by atoms with Crippen LogP contribution in [0.4, 0.5) is 0 Å². The van der Waals surface area contributed by atoms with Crippen molar-refractivity contribution in [3.8, 4) is 0 Å². The Morgan fingerprint density at radius 1 is 1.44 bits per heavy atom. The minimum Gasteiger partial charge on any atom is -0.383 e. The smallest absolute Gasteiger partial charge is 0.223 e. The lowest BCUT2D eigenvalue weighted by Crippen LogP contribution is -2.37. The van der Waals surface area contributed by atoms with Gasteiger partial charge in [0, 0.05) is 19.6 Å². The Hall–Kier alpha value is -0.0900. The second-order valence-electron chi connectivity index (χ2n) is 4.75. The van der Waals surface area contributed by atoms with E-state index in [2.05, 4.69) is 28.2 Å². The van der Waals surface area contributed by atoms with Gasteiger partial charge in [-0.05, 0) is 31.6 Å². The molecular weight excluding hydrogens is 270 g/mol. The van der Waals surface area contributed by atoms with Gasteiger partial charge in [-0.25, -0.2) is 0 Å². The molecule has 0 aliphatic heterocycles. The van der Waals surface area contributed by atoms with Crippen LogP contribution in [0.25, 0.3) is 0 Å². The summed E-state index contributed by atoms with van der Waals surface area (Å²) in [5.74, 6) is 1.24. The van der Waals surface area contributed by atoms with Crippen molar-refractivity contribution in [3.05, 3.63) is 0 Å². The van der Waals surface area contributed by atoms with Crippen LogP contribution in [0.2, 0.25) is 0 Å². The third-order valence-electron chi connectivity index (χ3n) is 3.23. The summed E-state index contributed by atoms with van der Waals surface area (Å²) in [7, 11) is 1.67. The third-order valence-corrected chi connectivity index (χ3v) is 3.82. The average molecular weight is 292 g/mol. The predicted molar refractivity (Wildman–Crippen MR) is 68.7 cm³/mol. The van der Waals surface area contributed by atoms with Crippen LogP contribution in [0.15, 0.2) is 0 Å². The first-order chi connectivity index (χ1) is 7.63. The molecule has 0 heterocycles. The average Bonchev–Trinajstić information content (AvgIpc) is 2.27. The zero-order valence-corrected chi connectivity index (χ0v) is 11.8. The molecule has 0 radical (unpaired) electrons. The maximum absolute atomic E-state index is 11.8. The molecule has 0 aromatic rings. The zero-order valence-electron chi connectivity index (χ0n) is 10.2. The van der Waals surface area contributed by atoms with Crippen LogP contribution in [-0.2, 0) is 9.53 Å². The number of rotatable bonds is 5. The highest BCUT2D eigenvalue weighted by Crippen LogP contribution is 2.28. The molecule has 1 rings (SSSR count). The van der Waals surface area contributed by atoms with Gasteiger partial charge in [0.05, 0.1) is 11.4 Å². The molecule has 3 nitrogen and oxygen atoms in total. The van der Waals surface area contributed by atoms with E-state index in [1.165, 1.54) is 12.8 Å². The number of halogens is 1. The number of methoxy groups -OCH3 is 1. The molecule has 0 bridgehead atoms. The lowest BCUT2D eigenvalue weighted by atomic mass is 9.82. The number of ether oxygens (including phenoxy) is 1. The van der Waals surface area contributed by atoms with Crippen molar-refractivity contribution >= 4 is 21.8 Å².